The molecule has 32 heavy (non-hydrogen) atoms. The van der Waals surface area contributed by atoms with Crippen molar-refractivity contribution in [3.05, 3.63) is 65.2 Å². The van der Waals surface area contributed by atoms with Gasteiger partial charge in [0.1, 0.15) is 5.75 Å². The van der Waals surface area contributed by atoms with Gasteiger partial charge in [0, 0.05) is 43.2 Å². The van der Waals surface area contributed by atoms with Crippen LogP contribution < -0.4 is 4.74 Å². The Kier molecular flexibility index (Phi) is 7.06. The lowest BCUT2D eigenvalue weighted by atomic mass is 9.98. The van der Waals surface area contributed by atoms with Crippen LogP contribution in [0.15, 0.2) is 48.5 Å². The standard InChI is InChI=1S/C26H29N3O3/c27-17-20-9-11-22(12-10-20)25(30)29-15-5-6-21(18-29)19-32-24-8-4-7-23(16-24)26(31)28-13-2-1-3-14-28/h4,7-12,16,21H,1-3,5-6,13-15,18-19H2. The molecule has 4 rings (SSSR count). The summed E-state index contributed by atoms with van der Waals surface area (Å²) in [6.07, 6.45) is 5.27. The molecule has 2 aromatic carbocycles. The molecule has 0 N–H and O–H groups in total. The minimum absolute atomic E-state index is 0.00619. The van der Waals surface area contributed by atoms with E-state index in [-0.39, 0.29) is 17.7 Å². The van der Waals surface area contributed by atoms with Crippen LogP contribution >= 0.6 is 0 Å². The van der Waals surface area contributed by atoms with Crippen molar-refractivity contribution in [2.24, 2.45) is 5.92 Å². The van der Waals surface area contributed by atoms with E-state index in [1.165, 1.54) is 6.42 Å². The molecule has 0 bridgehead atoms. The molecule has 6 nitrogen and oxygen atoms in total. The first-order valence-corrected chi connectivity index (χ1v) is 11.5. The van der Waals surface area contributed by atoms with Crippen molar-refractivity contribution >= 4 is 11.8 Å². The van der Waals surface area contributed by atoms with Crippen molar-refractivity contribution in [2.45, 2.75) is 32.1 Å². The maximum atomic E-state index is 12.8. The van der Waals surface area contributed by atoms with E-state index in [1.807, 2.05) is 34.1 Å². The van der Waals surface area contributed by atoms with Gasteiger partial charge in [-0.3, -0.25) is 9.59 Å². The Morgan fingerprint density at radius 3 is 2.38 bits per heavy atom. The van der Waals surface area contributed by atoms with Crippen LogP contribution in [-0.2, 0) is 0 Å². The Bertz CT molecular complexity index is 990. The molecular formula is C26H29N3O3. The molecule has 2 fully saturated rings. The van der Waals surface area contributed by atoms with E-state index >= 15 is 0 Å². The summed E-state index contributed by atoms with van der Waals surface area (Å²) in [5, 5.41) is 8.94. The van der Waals surface area contributed by atoms with Gasteiger partial charge in [-0.2, -0.15) is 5.26 Å². The Morgan fingerprint density at radius 2 is 1.62 bits per heavy atom. The van der Waals surface area contributed by atoms with E-state index < -0.39 is 0 Å². The number of piperidine rings is 2. The second-order valence-electron chi connectivity index (χ2n) is 8.64. The lowest BCUT2D eigenvalue weighted by molar-refractivity contribution is 0.0631. The number of carbonyl (C=O) groups is 2. The van der Waals surface area contributed by atoms with Crippen LogP contribution in [0.3, 0.4) is 0 Å². The van der Waals surface area contributed by atoms with Crippen molar-refractivity contribution in [2.75, 3.05) is 32.8 Å². The molecule has 0 aromatic heterocycles. The summed E-state index contributed by atoms with van der Waals surface area (Å²) >= 11 is 0. The average Bonchev–Trinajstić information content (AvgIpc) is 2.87. The fraction of sp³-hybridized carbons (Fsp3) is 0.423. The summed E-state index contributed by atoms with van der Waals surface area (Å²) in [6, 6.07) is 16.3. The number of hydrogen-bond donors (Lipinski definition) is 0. The van der Waals surface area contributed by atoms with E-state index in [2.05, 4.69) is 6.07 Å². The number of carbonyl (C=O) groups excluding carboxylic acids is 2. The minimum atomic E-state index is -0.00619. The molecule has 0 saturated carbocycles. The van der Waals surface area contributed by atoms with Crippen LogP contribution in [-0.4, -0.2) is 54.4 Å². The zero-order chi connectivity index (χ0) is 22.3. The SMILES string of the molecule is N#Cc1ccc(C(=O)N2CCCC(COc3cccc(C(=O)N4CCCCC4)c3)C2)cc1. The van der Waals surface area contributed by atoms with Gasteiger partial charge in [0.25, 0.3) is 11.8 Å². The molecule has 2 aromatic rings. The zero-order valence-electron chi connectivity index (χ0n) is 18.3. The number of likely N-dealkylation sites (tertiary alicyclic amines) is 2. The van der Waals surface area contributed by atoms with Crippen molar-refractivity contribution < 1.29 is 14.3 Å². The molecule has 2 amide bonds. The van der Waals surface area contributed by atoms with Crippen molar-refractivity contribution in [3.8, 4) is 11.8 Å². The fourth-order valence-corrected chi connectivity index (χ4v) is 4.47. The van der Waals surface area contributed by atoms with Crippen molar-refractivity contribution in [1.82, 2.24) is 9.80 Å². The van der Waals surface area contributed by atoms with E-state index in [4.69, 9.17) is 10.00 Å². The second-order valence-corrected chi connectivity index (χ2v) is 8.64. The Labute approximate surface area is 189 Å². The summed E-state index contributed by atoms with van der Waals surface area (Å²) in [5.74, 6) is 1.01. The summed E-state index contributed by atoms with van der Waals surface area (Å²) in [7, 11) is 0. The van der Waals surface area contributed by atoms with Crippen LogP contribution in [0.5, 0.6) is 5.75 Å². The lowest BCUT2D eigenvalue weighted by Crippen LogP contribution is -2.41. The van der Waals surface area contributed by atoms with E-state index in [1.54, 1.807) is 24.3 Å². The molecular weight excluding hydrogens is 402 g/mol. The molecule has 1 atom stereocenters. The first-order valence-electron chi connectivity index (χ1n) is 11.5. The van der Waals surface area contributed by atoms with Gasteiger partial charge in [0.2, 0.25) is 0 Å². The topological polar surface area (TPSA) is 73.6 Å². The number of ether oxygens (including phenoxy) is 1. The Balaban J connectivity index is 1.33. The van der Waals surface area contributed by atoms with Crippen LogP contribution in [0.25, 0.3) is 0 Å². The normalized spacial score (nSPS) is 18.7. The third kappa shape index (κ3) is 5.28. The molecule has 2 heterocycles. The smallest absolute Gasteiger partial charge is 0.253 e. The summed E-state index contributed by atoms with van der Waals surface area (Å²) < 4.78 is 6.04. The average molecular weight is 432 g/mol. The van der Waals surface area contributed by atoms with E-state index in [9.17, 15) is 9.59 Å². The van der Waals surface area contributed by atoms with Gasteiger partial charge in [-0.05, 0) is 74.6 Å². The largest absolute Gasteiger partial charge is 0.493 e. The molecule has 0 aliphatic carbocycles. The Morgan fingerprint density at radius 1 is 0.906 bits per heavy atom. The number of hydrogen-bond acceptors (Lipinski definition) is 4. The maximum Gasteiger partial charge on any atom is 0.253 e. The van der Waals surface area contributed by atoms with Gasteiger partial charge >= 0.3 is 0 Å². The molecule has 0 radical (unpaired) electrons. The predicted molar refractivity (Wildman–Crippen MR) is 121 cm³/mol. The van der Waals surface area contributed by atoms with Crippen LogP contribution in [0, 0.1) is 17.2 Å². The highest BCUT2D eigenvalue weighted by Crippen LogP contribution is 2.22. The predicted octanol–water partition coefficient (Wildman–Crippen LogP) is 4.12. The first-order chi connectivity index (χ1) is 15.6. The van der Waals surface area contributed by atoms with Gasteiger partial charge in [-0.15, -0.1) is 0 Å². The molecule has 2 aliphatic heterocycles. The molecule has 166 valence electrons. The third-order valence-corrected chi connectivity index (χ3v) is 6.28. The highest BCUT2D eigenvalue weighted by atomic mass is 16.5. The summed E-state index contributed by atoms with van der Waals surface area (Å²) in [6.45, 7) is 3.54. The Hall–Kier alpha value is -3.33. The molecule has 0 spiro atoms. The van der Waals surface area contributed by atoms with Crippen LogP contribution in [0.4, 0.5) is 0 Å². The highest BCUT2D eigenvalue weighted by molar-refractivity contribution is 5.95. The maximum absolute atomic E-state index is 12.8. The van der Waals surface area contributed by atoms with Gasteiger partial charge in [0.15, 0.2) is 0 Å². The number of benzene rings is 2. The second kappa shape index (κ2) is 10.3. The molecule has 2 aliphatic rings. The van der Waals surface area contributed by atoms with E-state index in [0.717, 1.165) is 45.3 Å². The first kappa shape index (κ1) is 21.9. The number of nitriles is 1. The lowest BCUT2D eigenvalue weighted by Gasteiger charge is -2.32. The molecule has 1 unspecified atom stereocenters. The summed E-state index contributed by atoms with van der Waals surface area (Å²) in [5.41, 5.74) is 1.83. The van der Waals surface area contributed by atoms with E-state index in [0.29, 0.717) is 35.6 Å². The number of amides is 2. The van der Waals surface area contributed by atoms with Crippen molar-refractivity contribution in [3.63, 3.8) is 0 Å². The fourth-order valence-electron chi connectivity index (χ4n) is 4.47. The van der Waals surface area contributed by atoms with Gasteiger partial charge in [-0.25, -0.2) is 0 Å². The highest BCUT2D eigenvalue weighted by Gasteiger charge is 2.25. The molecule has 2 saturated heterocycles. The monoisotopic (exact) mass is 431 g/mol. The van der Waals surface area contributed by atoms with Crippen LogP contribution in [0.2, 0.25) is 0 Å². The minimum Gasteiger partial charge on any atom is -0.493 e. The van der Waals surface area contributed by atoms with Gasteiger partial charge in [0.05, 0.1) is 18.2 Å². The zero-order valence-corrected chi connectivity index (χ0v) is 18.3. The van der Waals surface area contributed by atoms with Gasteiger partial charge in [-0.1, -0.05) is 6.07 Å². The number of rotatable bonds is 5. The van der Waals surface area contributed by atoms with Crippen LogP contribution in [0.1, 0.15) is 58.4 Å². The molecule has 6 heteroatoms. The third-order valence-electron chi connectivity index (χ3n) is 6.28. The number of nitrogens with zero attached hydrogens (tertiary/aromatic N) is 3. The quantitative estimate of drug-likeness (QED) is 0.714. The van der Waals surface area contributed by atoms with Gasteiger partial charge < -0.3 is 14.5 Å². The van der Waals surface area contributed by atoms with Crippen molar-refractivity contribution in [1.29, 1.82) is 5.26 Å². The summed E-state index contributed by atoms with van der Waals surface area (Å²) in [4.78, 5) is 29.4.